The first-order valence-corrected chi connectivity index (χ1v) is 8.07. The van der Waals surface area contributed by atoms with Crippen molar-refractivity contribution in [3.05, 3.63) is 28.5 Å². The molecule has 0 aliphatic carbocycles. The quantitative estimate of drug-likeness (QED) is 0.866. The van der Waals surface area contributed by atoms with Crippen molar-refractivity contribution in [1.82, 2.24) is 5.32 Å². The van der Waals surface area contributed by atoms with Crippen LogP contribution in [0.2, 0.25) is 0 Å². The zero-order chi connectivity index (χ0) is 14.9. The summed E-state index contributed by atoms with van der Waals surface area (Å²) in [6.07, 6.45) is 1.01. The van der Waals surface area contributed by atoms with Gasteiger partial charge in [0.25, 0.3) is 0 Å². The summed E-state index contributed by atoms with van der Waals surface area (Å²) in [5.41, 5.74) is 0.876. The zero-order valence-corrected chi connectivity index (χ0v) is 14.3. The van der Waals surface area contributed by atoms with E-state index in [1.54, 1.807) is 12.1 Å². The molecule has 0 radical (unpaired) electrons. The van der Waals surface area contributed by atoms with Crippen molar-refractivity contribution in [2.75, 3.05) is 18.0 Å². The fourth-order valence-electron chi connectivity index (χ4n) is 2.74. The van der Waals surface area contributed by atoms with E-state index < -0.39 is 0 Å². The fourth-order valence-corrected chi connectivity index (χ4v) is 3.09. The highest BCUT2D eigenvalue weighted by Crippen LogP contribution is 2.31. The molecule has 0 bridgehead atoms. The van der Waals surface area contributed by atoms with Gasteiger partial charge in [-0.3, -0.25) is 0 Å². The number of benzene rings is 1. The third kappa shape index (κ3) is 3.34. The van der Waals surface area contributed by atoms with E-state index in [0.29, 0.717) is 17.8 Å². The zero-order valence-electron chi connectivity index (χ0n) is 12.7. The molecule has 4 heteroatoms. The average Bonchev–Trinajstić information content (AvgIpc) is 2.40. The summed E-state index contributed by atoms with van der Waals surface area (Å²) in [4.78, 5) is 2.23. The van der Waals surface area contributed by atoms with Crippen LogP contribution in [0.1, 0.15) is 34.1 Å². The lowest BCUT2D eigenvalue weighted by Gasteiger charge is -2.46. The Morgan fingerprint density at radius 2 is 2.10 bits per heavy atom. The van der Waals surface area contributed by atoms with Crippen LogP contribution in [0.15, 0.2) is 22.7 Å². The Labute approximate surface area is 129 Å². The summed E-state index contributed by atoms with van der Waals surface area (Å²) in [5, 5.41) is 3.62. The van der Waals surface area contributed by atoms with Gasteiger partial charge in [-0.2, -0.15) is 0 Å². The maximum atomic E-state index is 14.2. The number of anilines is 1. The minimum absolute atomic E-state index is 0.138. The highest BCUT2D eigenvalue weighted by atomic mass is 79.9. The molecule has 1 aromatic carbocycles. The van der Waals surface area contributed by atoms with E-state index >= 15 is 0 Å². The molecule has 0 amide bonds. The molecular formula is C16H24BrFN2. The van der Waals surface area contributed by atoms with Gasteiger partial charge >= 0.3 is 0 Å². The molecule has 1 heterocycles. The van der Waals surface area contributed by atoms with E-state index in [-0.39, 0.29) is 11.2 Å². The molecule has 2 atom stereocenters. The van der Waals surface area contributed by atoms with E-state index in [4.69, 9.17) is 0 Å². The summed E-state index contributed by atoms with van der Waals surface area (Å²) in [6, 6.07) is 5.90. The number of rotatable bonds is 2. The normalized spacial score (nSPS) is 24.0. The largest absolute Gasteiger partial charge is 0.363 e. The molecule has 1 saturated heterocycles. The van der Waals surface area contributed by atoms with Crippen LogP contribution < -0.4 is 10.2 Å². The van der Waals surface area contributed by atoms with Crippen LogP contribution in [-0.2, 0) is 0 Å². The van der Waals surface area contributed by atoms with Gasteiger partial charge in [-0.15, -0.1) is 0 Å². The van der Waals surface area contributed by atoms with Gasteiger partial charge in [-0.05, 0) is 30.0 Å². The van der Waals surface area contributed by atoms with Gasteiger partial charge in [0.15, 0.2) is 0 Å². The predicted molar refractivity (Wildman–Crippen MR) is 86.8 cm³/mol. The molecule has 1 aromatic rings. The smallest absolute Gasteiger partial charge is 0.146 e. The molecule has 2 rings (SSSR count). The minimum atomic E-state index is -0.138. The van der Waals surface area contributed by atoms with Crippen LogP contribution in [0.5, 0.6) is 0 Å². The number of nitrogens with zero attached hydrogens (tertiary/aromatic N) is 1. The fraction of sp³-hybridized carbons (Fsp3) is 0.625. The molecular weight excluding hydrogens is 319 g/mol. The van der Waals surface area contributed by atoms with Gasteiger partial charge in [0.05, 0.1) is 5.69 Å². The second kappa shape index (κ2) is 6.02. The molecule has 1 aliphatic rings. The number of hydrogen-bond acceptors (Lipinski definition) is 2. The number of nitrogens with one attached hydrogen (secondary N) is 1. The Morgan fingerprint density at radius 1 is 1.40 bits per heavy atom. The van der Waals surface area contributed by atoms with Crippen LogP contribution in [0.3, 0.4) is 0 Å². The molecule has 0 saturated carbocycles. The monoisotopic (exact) mass is 342 g/mol. The van der Waals surface area contributed by atoms with Gasteiger partial charge in [0.1, 0.15) is 5.82 Å². The Bertz CT molecular complexity index is 470. The van der Waals surface area contributed by atoms with E-state index in [1.807, 2.05) is 6.07 Å². The maximum absolute atomic E-state index is 14.2. The molecule has 1 fully saturated rings. The molecule has 0 spiro atoms. The molecule has 112 valence electrons. The predicted octanol–water partition coefficient (Wildman–Crippen LogP) is 4.19. The topological polar surface area (TPSA) is 15.3 Å². The first-order valence-electron chi connectivity index (χ1n) is 7.28. The van der Waals surface area contributed by atoms with Crippen molar-refractivity contribution >= 4 is 21.6 Å². The lowest BCUT2D eigenvalue weighted by molar-refractivity contribution is 0.233. The van der Waals surface area contributed by atoms with Gasteiger partial charge < -0.3 is 10.2 Å². The molecule has 20 heavy (non-hydrogen) atoms. The van der Waals surface area contributed by atoms with Crippen LogP contribution in [-0.4, -0.2) is 25.2 Å². The van der Waals surface area contributed by atoms with Crippen LogP contribution in [0, 0.1) is 11.2 Å². The average molecular weight is 343 g/mol. The SMILES string of the molecule is CCC1CNC(C(C)(C)C)CN1c1cc(Br)ccc1F. The second-order valence-corrected chi connectivity index (χ2v) is 7.55. The first kappa shape index (κ1) is 15.8. The van der Waals surface area contributed by atoms with Crippen molar-refractivity contribution in [2.24, 2.45) is 5.41 Å². The van der Waals surface area contributed by atoms with Crippen LogP contribution in [0.25, 0.3) is 0 Å². The number of piperazine rings is 1. The molecule has 1 N–H and O–H groups in total. The van der Waals surface area contributed by atoms with E-state index in [9.17, 15) is 4.39 Å². The first-order chi connectivity index (χ1) is 9.32. The van der Waals surface area contributed by atoms with Crippen LogP contribution in [0.4, 0.5) is 10.1 Å². The summed E-state index contributed by atoms with van der Waals surface area (Å²) >= 11 is 3.45. The van der Waals surface area contributed by atoms with E-state index in [2.05, 4.69) is 53.8 Å². The van der Waals surface area contributed by atoms with Gasteiger partial charge in [-0.1, -0.05) is 43.6 Å². The standard InChI is InChI=1S/C16H24BrFN2/c1-5-12-9-19-15(16(2,3)4)10-20(12)14-8-11(17)6-7-13(14)18/h6-8,12,15,19H,5,9-10H2,1-4H3. The third-order valence-corrected chi connectivity index (χ3v) is 4.65. The van der Waals surface area contributed by atoms with Crippen LogP contribution >= 0.6 is 15.9 Å². The Hall–Kier alpha value is -0.610. The number of hydrogen-bond donors (Lipinski definition) is 1. The van der Waals surface area contributed by atoms with Crippen molar-refractivity contribution in [3.8, 4) is 0 Å². The maximum Gasteiger partial charge on any atom is 0.146 e. The second-order valence-electron chi connectivity index (χ2n) is 6.64. The number of halogens is 2. The van der Waals surface area contributed by atoms with Crippen molar-refractivity contribution in [1.29, 1.82) is 0 Å². The van der Waals surface area contributed by atoms with Crippen molar-refractivity contribution in [2.45, 2.75) is 46.2 Å². The molecule has 1 aliphatic heterocycles. The lowest BCUT2D eigenvalue weighted by atomic mass is 9.84. The van der Waals surface area contributed by atoms with Gasteiger partial charge in [-0.25, -0.2) is 4.39 Å². The summed E-state index contributed by atoms with van der Waals surface area (Å²) in [6.45, 7) is 10.6. The minimum Gasteiger partial charge on any atom is -0.363 e. The summed E-state index contributed by atoms with van der Waals surface area (Å²) in [5.74, 6) is -0.138. The highest BCUT2D eigenvalue weighted by Gasteiger charge is 2.34. The van der Waals surface area contributed by atoms with Gasteiger partial charge in [0.2, 0.25) is 0 Å². The molecule has 2 unspecified atom stereocenters. The Morgan fingerprint density at radius 3 is 2.70 bits per heavy atom. The lowest BCUT2D eigenvalue weighted by Crippen LogP contribution is -2.60. The molecule has 0 aromatic heterocycles. The highest BCUT2D eigenvalue weighted by molar-refractivity contribution is 9.10. The summed E-state index contributed by atoms with van der Waals surface area (Å²) in [7, 11) is 0. The van der Waals surface area contributed by atoms with E-state index in [1.165, 1.54) is 0 Å². The third-order valence-electron chi connectivity index (χ3n) is 4.15. The molecule has 2 nitrogen and oxygen atoms in total. The Kier molecular flexibility index (Phi) is 4.75. The van der Waals surface area contributed by atoms with Crippen molar-refractivity contribution in [3.63, 3.8) is 0 Å². The Balaban J connectivity index is 2.32. The van der Waals surface area contributed by atoms with Gasteiger partial charge in [0, 0.05) is 29.6 Å². The van der Waals surface area contributed by atoms with E-state index in [0.717, 1.165) is 24.0 Å². The summed E-state index contributed by atoms with van der Waals surface area (Å²) < 4.78 is 15.1. The van der Waals surface area contributed by atoms with Crippen molar-refractivity contribution < 1.29 is 4.39 Å².